The summed E-state index contributed by atoms with van der Waals surface area (Å²) >= 11 is 0. The van der Waals surface area contributed by atoms with Gasteiger partial charge in [-0.2, -0.15) is 5.10 Å². The molecule has 0 fully saturated rings. The number of pyridine rings is 1. The minimum Gasteiger partial charge on any atom is -0.349 e. The number of hydrogen-bond donors (Lipinski definition) is 1. The average Bonchev–Trinajstić information content (AvgIpc) is 3.47. The summed E-state index contributed by atoms with van der Waals surface area (Å²) in [5.74, 6) is 0.115. The molecule has 0 spiro atoms. The van der Waals surface area contributed by atoms with Crippen LogP contribution in [0.4, 0.5) is 5.69 Å². The molecule has 0 aliphatic carbocycles. The fourth-order valence-corrected chi connectivity index (χ4v) is 4.10. The molecule has 172 valence electrons. The van der Waals surface area contributed by atoms with Crippen molar-refractivity contribution in [3.8, 4) is 0 Å². The third-order valence-electron chi connectivity index (χ3n) is 6.14. The maximum atomic E-state index is 13.3. The lowest BCUT2D eigenvalue weighted by molar-refractivity contribution is 0.0933. The predicted molar refractivity (Wildman–Crippen MR) is 126 cm³/mol. The Balaban J connectivity index is 1.72. The predicted octanol–water partition coefficient (Wildman–Crippen LogP) is 3.96. The van der Waals surface area contributed by atoms with Crippen LogP contribution in [0.3, 0.4) is 0 Å². The number of carbonyl (C=O) groups excluding carboxylic acids is 2. The van der Waals surface area contributed by atoms with E-state index in [0.29, 0.717) is 23.6 Å². The van der Waals surface area contributed by atoms with Gasteiger partial charge in [-0.15, -0.1) is 0 Å². The molecule has 3 heterocycles. The van der Waals surface area contributed by atoms with Gasteiger partial charge in [0.2, 0.25) is 0 Å². The third kappa shape index (κ3) is 4.51. The average molecular weight is 447 g/mol. The minimum absolute atomic E-state index is 0.111. The first-order chi connectivity index (χ1) is 15.9. The van der Waals surface area contributed by atoms with E-state index >= 15 is 0 Å². The number of aromatic nitrogens is 4. The maximum absolute atomic E-state index is 13.3. The third-order valence-corrected chi connectivity index (χ3v) is 6.14. The molecule has 33 heavy (non-hydrogen) atoms. The maximum Gasteiger partial charge on any atom is 0.276 e. The van der Waals surface area contributed by atoms with E-state index in [4.69, 9.17) is 0 Å². The summed E-state index contributed by atoms with van der Waals surface area (Å²) in [5, 5.41) is 7.75. The second-order valence-corrected chi connectivity index (χ2v) is 8.62. The molecule has 2 amide bonds. The van der Waals surface area contributed by atoms with Crippen molar-refractivity contribution in [3.63, 3.8) is 0 Å². The molecule has 0 saturated carbocycles. The largest absolute Gasteiger partial charge is 0.349 e. The van der Waals surface area contributed by atoms with Crippen molar-refractivity contribution in [2.75, 3.05) is 11.4 Å². The molecule has 1 atom stereocenters. The Bertz CT molecular complexity index is 1140. The van der Waals surface area contributed by atoms with E-state index in [1.54, 1.807) is 41.7 Å². The Labute approximate surface area is 194 Å². The molecule has 1 aliphatic rings. The highest BCUT2D eigenvalue weighted by Crippen LogP contribution is 2.40. The summed E-state index contributed by atoms with van der Waals surface area (Å²) in [4.78, 5) is 36.7. The molecule has 0 unspecified atom stereocenters. The van der Waals surface area contributed by atoms with E-state index in [0.717, 1.165) is 24.1 Å². The lowest BCUT2D eigenvalue weighted by atomic mass is 9.98. The number of nitrogens with one attached hydrogen (secondary N) is 1. The van der Waals surface area contributed by atoms with Crippen LogP contribution in [-0.4, -0.2) is 44.1 Å². The second kappa shape index (κ2) is 9.52. The monoisotopic (exact) mass is 446 g/mol. The molecular formula is C25H30N6O2. The van der Waals surface area contributed by atoms with Gasteiger partial charge in [-0.25, -0.2) is 4.98 Å². The Kier molecular flexibility index (Phi) is 6.53. The molecule has 2 aromatic heterocycles. The highest BCUT2D eigenvalue weighted by molar-refractivity contribution is 6.07. The molecule has 1 aliphatic heterocycles. The summed E-state index contributed by atoms with van der Waals surface area (Å²) in [6.07, 6.45) is 5.07. The van der Waals surface area contributed by atoms with E-state index in [-0.39, 0.29) is 29.8 Å². The molecule has 4 rings (SSSR count). The normalized spacial score (nSPS) is 15.2. The van der Waals surface area contributed by atoms with Gasteiger partial charge in [-0.1, -0.05) is 19.9 Å². The van der Waals surface area contributed by atoms with Gasteiger partial charge in [0, 0.05) is 36.1 Å². The summed E-state index contributed by atoms with van der Waals surface area (Å²) in [6.45, 7) is 8.59. The lowest BCUT2D eigenvalue weighted by Gasteiger charge is -2.18. The molecule has 8 nitrogen and oxygen atoms in total. The van der Waals surface area contributed by atoms with Crippen molar-refractivity contribution in [2.45, 2.75) is 58.5 Å². The highest BCUT2D eigenvalue weighted by atomic mass is 16.2. The van der Waals surface area contributed by atoms with Crippen LogP contribution in [0.1, 0.15) is 84.7 Å². The summed E-state index contributed by atoms with van der Waals surface area (Å²) in [5.41, 5.74) is 2.58. The van der Waals surface area contributed by atoms with Crippen LogP contribution in [0, 0.1) is 0 Å². The van der Waals surface area contributed by atoms with Gasteiger partial charge in [0.15, 0.2) is 5.82 Å². The van der Waals surface area contributed by atoms with Gasteiger partial charge >= 0.3 is 0 Å². The van der Waals surface area contributed by atoms with Crippen molar-refractivity contribution >= 4 is 17.5 Å². The summed E-state index contributed by atoms with van der Waals surface area (Å²) in [6, 6.07) is 11.1. The fraction of sp³-hybridized carbons (Fsp3) is 0.400. The Morgan fingerprint density at radius 1 is 1.12 bits per heavy atom. The first-order valence-electron chi connectivity index (χ1n) is 11.5. The van der Waals surface area contributed by atoms with E-state index in [9.17, 15) is 9.59 Å². The van der Waals surface area contributed by atoms with Crippen LogP contribution in [0.5, 0.6) is 0 Å². The van der Waals surface area contributed by atoms with Crippen LogP contribution in [0.15, 0.2) is 48.9 Å². The Morgan fingerprint density at radius 2 is 1.91 bits per heavy atom. The molecule has 1 aromatic carbocycles. The van der Waals surface area contributed by atoms with Crippen molar-refractivity contribution < 1.29 is 9.59 Å². The van der Waals surface area contributed by atoms with Crippen LogP contribution < -0.4 is 10.2 Å². The van der Waals surface area contributed by atoms with Crippen molar-refractivity contribution in [3.05, 3.63) is 71.6 Å². The van der Waals surface area contributed by atoms with Gasteiger partial charge in [0.05, 0.1) is 5.92 Å². The summed E-state index contributed by atoms with van der Waals surface area (Å²) in [7, 11) is 0. The molecule has 8 heteroatoms. The Hall–Kier alpha value is -3.55. The van der Waals surface area contributed by atoms with Crippen molar-refractivity contribution in [1.82, 2.24) is 25.1 Å². The van der Waals surface area contributed by atoms with E-state index < -0.39 is 0 Å². The standard InChI is InChI=1S/C25H30N6O2/c1-5-18(6-2)28-24(32)17-10-11-22-19(13-17)20(23-27-15-31(29-23)16(3)4)14-30(22)25(33)21-9-7-8-12-26-21/h7-13,15-16,18,20H,5-6,14H2,1-4H3,(H,28,32)/t20-/m1/s1. The zero-order valence-corrected chi connectivity index (χ0v) is 19.5. The summed E-state index contributed by atoms with van der Waals surface area (Å²) < 4.78 is 1.81. The number of amides is 2. The van der Waals surface area contributed by atoms with Crippen LogP contribution in [0.2, 0.25) is 0 Å². The second-order valence-electron chi connectivity index (χ2n) is 8.62. The Morgan fingerprint density at radius 3 is 2.55 bits per heavy atom. The van der Waals surface area contributed by atoms with Gasteiger partial charge in [-0.3, -0.25) is 19.3 Å². The van der Waals surface area contributed by atoms with Crippen LogP contribution >= 0.6 is 0 Å². The molecule has 0 bridgehead atoms. The number of nitrogens with zero attached hydrogens (tertiary/aromatic N) is 5. The topological polar surface area (TPSA) is 93.0 Å². The zero-order chi connectivity index (χ0) is 23.5. The number of rotatable bonds is 7. The molecule has 1 N–H and O–H groups in total. The van der Waals surface area contributed by atoms with Gasteiger partial charge in [-0.05, 0) is 62.6 Å². The fourth-order valence-electron chi connectivity index (χ4n) is 4.10. The quantitative estimate of drug-likeness (QED) is 0.593. The SMILES string of the molecule is CCC(CC)NC(=O)c1ccc2c(c1)[C@H](c1ncn(C(C)C)n1)CN2C(=O)c1ccccn1. The minimum atomic E-state index is -0.228. The van der Waals surface area contributed by atoms with Crippen LogP contribution in [0.25, 0.3) is 0 Å². The van der Waals surface area contributed by atoms with Crippen LogP contribution in [-0.2, 0) is 0 Å². The lowest BCUT2D eigenvalue weighted by Crippen LogP contribution is -2.33. The van der Waals surface area contributed by atoms with E-state index in [2.05, 4.69) is 34.2 Å². The van der Waals surface area contributed by atoms with Crippen molar-refractivity contribution in [2.24, 2.45) is 0 Å². The smallest absolute Gasteiger partial charge is 0.276 e. The first kappa shape index (κ1) is 22.6. The highest BCUT2D eigenvalue weighted by Gasteiger charge is 2.37. The zero-order valence-electron chi connectivity index (χ0n) is 19.5. The number of anilines is 1. The molecule has 0 saturated heterocycles. The first-order valence-corrected chi connectivity index (χ1v) is 11.5. The number of fused-ring (bicyclic) bond motifs is 1. The van der Waals surface area contributed by atoms with E-state index in [1.165, 1.54) is 0 Å². The molecule has 3 aromatic rings. The molecular weight excluding hydrogens is 416 g/mol. The number of carbonyl (C=O) groups is 2. The van der Waals surface area contributed by atoms with Gasteiger partial charge < -0.3 is 10.2 Å². The van der Waals surface area contributed by atoms with Gasteiger partial charge in [0.1, 0.15) is 12.0 Å². The number of benzene rings is 1. The van der Waals surface area contributed by atoms with Gasteiger partial charge in [0.25, 0.3) is 11.8 Å². The number of hydrogen-bond acceptors (Lipinski definition) is 5. The van der Waals surface area contributed by atoms with E-state index in [1.807, 2.05) is 30.7 Å². The molecule has 0 radical (unpaired) electrons. The van der Waals surface area contributed by atoms with Crippen molar-refractivity contribution in [1.29, 1.82) is 0 Å².